The summed E-state index contributed by atoms with van der Waals surface area (Å²) in [5, 5.41) is 10.6. The molecule has 0 aliphatic heterocycles. The van der Waals surface area contributed by atoms with Gasteiger partial charge in [-0.1, -0.05) is 29.8 Å². The predicted molar refractivity (Wildman–Crippen MR) is 93.0 cm³/mol. The maximum Gasteiger partial charge on any atom is 0.335 e. The molecule has 126 valence electrons. The van der Waals surface area contributed by atoms with Crippen LogP contribution in [0.25, 0.3) is 5.69 Å². The fourth-order valence-electron chi connectivity index (χ4n) is 2.21. The van der Waals surface area contributed by atoms with Crippen molar-refractivity contribution < 1.29 is 9.50 Å². The third-order valence-corrected chi connectivity index (χ3v) is 3.68. The maximum atomic E-state index is 13.2. The highest BCUT2D eigenvalue weighted by atomic mass is 35.5. The van der Waals surface area contributed by atoms with E-state index in [0.29, 0.717) is 0 Å². The Morgan fingerprint density at radius 1 is 1.16 bits per heavy atom. The summed E-state index contributed by atoms with van der Waals surface area (Å²) in [5.74, 6) is -1.11. The standard InChI is InChI=1S/C17H11ClFN3O3/c18-13-6-1-2-7-14(13)22-16(24)12(15(23)21-17(22)25)9-20-11-5-3-4-10(19)8-11/h1-9,24H,(H,21,23,25). The quantitative estimate of drug-likeness (QED) is 0.705. The molecule has 1 aromatic heterocycles. The van der Waals surface area contributed by atoms with Gasteiger partial charge in [0.15, 0.2) is 0 Å². The minimum absolute atomic E-state index is 0.198. The summed E-state index contributed by atoms with van der Waals surface area (Å²) >= 11 is 6.05. The Bertz CT molecular complexity index is 1090. The number of hydrogen-bond acceptors (Lipinski definition) is 4. The zero-order valence-electron chi connectivity index (χ0n) is 12.6. The smallest absolute Gasteiger partial charge is 0.335 e. The van der Waals surface area contributed by atoms with Crippen LogP contribution in [-0.4, -0.2) is 20.9 Å². The first-order chi connectivity index (χ1) is 12.0. The van der Waals surface area contributed by atoms with Crippen molar-refractivity contribution in [2.24, 2.45) is 4.99 Å². The number of para-hydroxylation sites is 1. The Morgan fingerprint density at radius 3 is 2.64 bits per heavy atom. The highest BCUT2D eigenvalue weighted by Gasteiger charge is 2.15. The van der Waals surface area contributed by atoms with E-state index in [4.69, 9.17) is 11.6 Å². The van der Waals surface area contributed by atoms with Gasteiger partial charge in [0.05, 0.1) is 16.4 Å². The van der Waals surface area contributed by atoms with Crippen LogP contribution in [-0.2, 0) is 0 Å². The number of aromatic hydroxyl groups is 1. The second-order valence-corrected chi connectivity index (χ2v) is 5.43. The van der Waals surface area contributed by atoms with Crippen molar-refractivity contribution in [3.8, 4) is 11.6 Å². The van der Waals surface area contributed by atoms with Crippen LogP contribution in [0.5, 0.6) is 5.88 Å². The minimum atomic E-state index is -0.849. The molecular weight excluding hydrogens is 349 g/mol. The number of nitrogens with one attached hydrogen (secondary N) is 1. The number of aromatic nitrogens is 2. The second-order valence-electron chi connectivity index (χ2n) is 5.02. The Kier molecular flexibility index (Phi) is 4.49. The number of benzene rings is 2. The van der Waals surface area contributed by atoms with Crippen LogP contribution in [0.3, 0.4) is 0 Å². The Balaban J connectivity index is 2.16. The summed E-state index contributed by atoms with van der Waals surface area (Å²) in [5.41, 5.74) is -1.49. The van der Waals surface area contributed by atoms with E-state index in [-0.39, 0.29) is 22.0 Å². The molecule has 25 heavy (non-hydrogen) atoms. The van der Waals surface area contributed by atoms with E-state index in [2.05, 4.69) is 9.98 Å². The molecule has 0 radical (unpaired) electrons. The lowest BCUT2D eigenvalue weighted by Crippen LogP contribution is -2.31. The van der Waals surface area contributed by atoms with Gasteiger partial charge in [-0.2, -0.15) is 0 Å². The van der Waals surface area contributed by atoms with E-state index in [0.717, 1.165) is 16.8 Å². The fraction of sp³-hybridized carbons (Fsp3) is 0. The van der Waals surface area contributed by atoms with E-state index in [1.807, 2.05) is 0 Å². The normalized spacial score (nSPS) is 11.1. The van der Waals surface area contributed by atoms with Crippen molar-refractivity contribution in [2.45, 2.75) is 0 Å². The molecule has 0 aliphatic carbocycles. The molecule has 0 saturated carbocycles. The van der Waals surface area contributed by atoms with Gasteiger partial charge in [0.25, 0.3) is 5.56 Å². The number of halogens is 2. The van der Waals surface area contributed by atoms with Crippen molar-refractivity contribution in [3.63, 3.8) is 0 Å². The Morgan fingerprint density at radius 2 is 1.92 bits per heavy atom. The van der Waals surface area contributed by atoms with Crippen LogP contribution in [0.4, 0.5) is 10.1 Å². The van der Waals surface area contributed by atoms with Crippen LogP contribution >= 0.6 is 11.6 Å². The highest BCUT2D eigenvalue weighted by molar-refractivity contribution is 6.32. The average molecular weight is 360 g/mol. The van der Waals surface area contributed by atoms with Crippen molar-refractivity contribution in [3.05, 3.63) is 85.8 Å². The maximum absolute atomic E-state index is 13.2. The van der Waals surface area contributed by atoms with Crippen LogP contribution in [0, 0.1) is 5.82 Å². The third-order valence-electron chi connectivity index (χ3n) is 3.37. The van der Waals surface area contributed by atoms with Crippen molar-refractivity contribution >= 4 is 23.5 Å². The van der Waals surface area contributed by atoms with Gasteiger partial charge in [0.1, 0.15) is 11.4 Å². The van der Waals surface area contributed by atoms with Gasteiger partial charge in [-0.25, -0.2) is 13.8 Å². The molecule has 0 aliphatic rings. The molecule has 0 amide bonds. The summed E-state index contributed by atoms with van der Waals surface area (Å²) in [7, 11) is 0. The number of rotatable bonds is 3. The lowest BCUT2D eigenvalue weighted by molar-refractivity contribution is 0.430. The third kappa shape index (κ3) is 3.36. The molecule has 2 N–H and O–H groups in total. The number of aliphatic imine (C=N–C) groups is 1. The molecule has 3 rings (SSSR count). The van der Waals surface area contributed by atoms with E-state index >= 15 is 0 Å². The van der Waals surface area contributed by atoms with Gasteiger partial charge in [-0.3, -0.25) is 14.8 Å². The average Bonchev–Trinajstić information content (AvgIpc) is 2.56. The van der Waals surface area contributed by atoms with Gasteiger partial charge in [-0.15, -0.1) is 0 Å². The largest absolute Gasteiger partial charge is 0.493 e. The van der Waals surface area contributed by atoms with Crippen molar-refractivity contribution in [1.82, 2.24) is 9.55 Å². The molecule has 2 aromatic carbocycles. The monoisotopic (exact) mass is 359 g/mol. The second kappa shape index (κ2) is 6.74. The molecule has 0 saturated heterocycles. The molecule has 1 heterocycles. The summed E-state index contributed by atoms with van der Waals surface area (Å²) in [6.45, 7) is 0. The van der Waals surface area contributed by atoms with Crippen LogP contribution in [0.1, 0.15) is 5.56 Å². The summed E-state index contributed by atoms with van der Waals surface area (Å²) < 4.78 is 14.0. The number of aromatic amines is 1. The number of nitrogens with zero attached hydrogens (tertiary/aromatic N) is 2. The molecule has 0 atom stereocenters. The SMILES string of the molecule is O=c1[nH]c(=O)n(-c2ccccc2Cl)c(O)c1C=Nc1cccc(F)c1. The van der Waals surface area contributed by atoms with E-state index in [1.54, 1.807) is 12.1 Å². The van der Waals surface area contributed by atoms with Crippen molar-refractivity contribution in [2.75, 3.05) is 0 Å². The van der Waals surface area contributed by atoms with Gasteiger partial charge >= 0.3 is 5.69 Å². The highest BCUT2D eigenvalue weighted by Crippen LogP contribution is 2.23. The predicted octanol–water partition coefficient (Wildman–Crippen LogP) is 2.77. The molecule has 0 spiro atoms. The molecular formula is C17H11ClFN3O3. The van der Waals surface area contributed by atoms with Crippen LogP contribution in [0.15, 0.2) is 63.1 Å². The van der Waals surface area contributed by atoms with E-state index < -0.39 is 22.9 Å². The van der Waals surface area contributed by atoms with Crippen molar-refractivity contribution in [1.29, 1.82) is 0 Å². The van der Waals surface area contributed by atoms with E-state index in [9.17, 15) is 19.1 Å². The molecule has 6 nitrogen and oxygen atoms in total. The molecule has 0 unspecified atom stereocenters. The summed E-state index contributed by atoms with van der Waals surface area (Å²) in [6.07, 6.45) is 1.05. The zero-order chi connectivity index (χ0) is 18.0. The Labute approximate surface area is 145 Å². The summed E-state index contributed by atoms with van der Waals surface area (Å²) in [6, 6.07) is 11.7. The Hall–Kier alpha value is -3.19. The van der Waals surface area contributed by atoms with Gasteiger partial charge in [0, 0.05) is 6.21 Å². The first-order valence-corrected chi connectivity index (χ1v) is 7.48. The number of hydrogen-bond donors (Lipinski definition) is 2. The molecule has 0 fully saturated rings. The topological polar surface area (TPSA) is 87.5 Å². The minimum Gasteiger partial charge on any atom is -0.493 e. The fourth-order valence-corrected chi connectivity index (χ4v) is 2.43. The first kappa shape index (κ1) is 16.7. The first-order valence-electron chi connectivity index (χ1n) is 7.10. The lowest BCUT2D eigenvalue weighted by atomic mass is 10.2. The number of H-pyrrole nitrogens is 1. The zero-order valence-corrected chi connectivity index (χ0v) is 13.4. The van der Waals surface area contributed by atoms with E-state index in [1.165, 1.54) is 30.3 Å². The summed E-state index contributed by atoms with van der Waals surface area (Å²) in [4.78, 5) is 30.1. The van der Waals surface area contributed by atoms with Crippen LogP contribution in [0.2, 0.25) is 5.02 Å². The van der Waals surface area contributed by atoms with Gasteiger partial charge in [0.2, 0.25) is 5.88 Å². The molecule has 3 aromatic rings. The lowest BCUT2D eigenvalue weighted by Gasteiger charge is -2.10. The van der Waals surface area contributed by atoms with Crippen LogP contribution < -0.4 is 11.2 Å². The van der Waals surface area contributed by atoms with Gasteiger partial charge in [-0.05, 0) is 30.3 Å². The molecule has 8 heteroatoms. The molecule has 0 bridgehead atoms. The van der Waals surface area contributed by atoms with Gasteiger partial charge < -0.3 is 5.11 Å².